The molecule has 3 amide bonds. The lowest BCUT2D eigenvalue weighted by Gasteiger charge is -2.32. The van der Waals surface area contributed by atoms with Gasteiger partial charge in [-0.05, 0) is 76.4 Å². The number of aromatic carboxylic acids is 1. The second-order valence-corrected chi connectivity index (χ2v) is 19.8. The molecule has 2 aliphatic carbocycles. The van der Waals surface area contributed by atoms with Crippen molar-refractivity contribution in [2.45, 2.75) is 68.9 Å². The van der Waals surface area contributed by atoms with Crippen LogP contribution in [0.5, 0.6) is 0 Å². The molecule has 1 fully saturated rings. The highest BCUT2D eigenvalue weighted by atomic mass is 28.3. The Morgan fingerprint density at radius 1 is 0.863 bits per heavy atom. The van der Waals surface area contributed by atoms with Crippen LogP contribution in [-0.4, -0.2) is 66.8 Å². The van der Waals surface area contributed by atoms with E-state index in [-0.39, 0.29) is 42.4 Å². The summed E-state index contributed by atoms with van der Waals surface area (Å²) in [5.74, 6) is -1.73. The monoisotopic (exact) mass is 701 g/mol. The highest BCUT2D eigenvalue weighted by Gasteiger charge is 2.47. The Morgan fingerprint density at radius 3 is 2.16 bits per heavy atom. The number of carbonyl (C=O) groups is 4. The van der Waals surface area contributed by atoms with Gasteiger partial charge in [0.05, 0.1) is 19.7 Å². The van der Waals surface area contributed by atoms with Crippen molar-refractivity contribution in [3.63, 3.8) is 0 Å². The molecular formula is C41H43N3O6Si. The molecule has 9 nitrogen and oxygen atoms in total. The topological polar surface area (TPSA) is 125 Å². The smallest absolute Gasteiger partial charge is 0.407 e. The van der Waals surface area contributed by atoms with Crippen LogP contribution in [0.4, 0.5) is 4.79 Å². The van der Waals surface area contributed by atoms with Gasteiger partial charge in [0, 0.05) is 18.5 Å². The van der Waals surface area contributed by atoms with Gasteiger partial charge in [0.15, 0.2) is 0 Å². The fourth-order valence-electron chi connectivity index (χ4n) is 8.11. The second-order valence-electron chi connectivity index (χ2n) is 14.7. The van der Waals surface area contributed by atoms with Crippen LogP contribution in [0, 0.1) is 0 Å². The van der Waals surface area contributed by atoms with Crippen LogP contribution in [0.2, 0.25) is 19.1 Å². The molecule has 51 heavy (non-hydrogen) atoms. The first kappa shape index (κ1) is 34.2. The van der Waals surface area contributed by atoms with Crippen LogP contribution in [-0.2, 0) is 27.2 Å². The predicted molar refractivity (Wildman–Crippen MR) is 197 cm³/mol. The van der Waals surface area contributed by atoms with Crippen LogP contribution >= 0.6 is 0 Å². The normalized spacial score (nSPS) is 19.3. The Labute approximate surface area is 299 Å². The summed E-state index contributed by atoms with van der Waals surface area (Å²) in [7, 11) is -1.99. The molecule has 0 radical (unpaired) electrons. The van der Waals surface area contributed by atoms with E-state index in [1.807, 2.05) is 48.5 Å². The highest BCUT2D eigenvalue weighted by Crippen LogP contribution is 2.44. The fraction of sp³-hybridized carbons (Fsp3) is 0.317. The molecular weight excluding hydrogens is 659 g/mol. The summed E-state index contributed by atoms with van der Waals surface area (Å²) in [5, 5.41) is 15.5. The molecule has 0 aromatic heterocycles. The summed E-state index contributed by atoms with van der Waals surface area (Å²) < 4.78 is 5.85. The summed E-state index contributed by atoms with van der Waals surface area (Å²) in [4.78, 5) is 55.3. The Hall–Kier alpha value is -5.22. The van der Waals surface area contributed by atoms with Gasteiger partial charge in [0.2, 0.25) is 11.8 Å². The van der Waals surface area contributed by atoms with Gasteiger partial charge < -0.3 is 25.4 Å². The summed E-state index contributed by atoms with van der Waals surface area (Å²) in [6, 6.07) is 29.4. The Morgan fingerprint density at radius 2 is 1.49 bits per heavy atom. The van der Waals surface area contributed by atoms with Gasteiger partial charge in [-0.15, -0.1) is 0 Å². The summed E-state index contributed by atoms with van der Waals surface area (Å²) in [6.07, 6.45) is 2.64. The maximum atomic E-state index is 14.5. The van der Waals surface area contributed by atoms with Crippen LogP contribution < -0.4 is 10.6 Å². The minimum Gasteiger partial charge on any atom is -0.478 e. The molecule has 1 saturated heterocycles. The number of alkyl carbamates (subject to hydrolysis) is 1. The summed E-state index contributed by atoms with van der Waals surface area (Å²) in [5.41, 5.74) is 7.55. The number of ether oxygens (including phenoxy) is 1. The first-order valence-corrected chi connectivity index (χ1v) is 21.1. The number of nitrogens with one attached hydrogen (secondary N) is 2. The minimum atomic E-state index is -1.99. The SMILES string of the molecule is C[Si]1(C)C[C@@H](C(=O)NC2CCCc3ccccc32)N(C(=O)C(Cc2ccc(C(=O)O)cc2)NC(=O)OCC2c3ccccc3-c3ccccc32)C1. The largest absolute Gasteiger partial charge is 0.478 e. The van der Waals surface area contributed by atoms with E-state index in [2.05, 4.69) is 48.0 Å². The molecule has 1 heterocycles. The first-order chi connectivity index (χ1) is 24.6. The third-order valence-corrected chi connectivity index (χ3v) is 13.3. The molecule has 0 spiro atoms. The van der Waals surface area contributed by atoms with E-state index in [1.54, 1.807) is 17.0 Å². The van der Waals surface area contributed by atoms with Crippen molar-refractivity contribution in [1.82, 2.24) is 15.5 Å². The van der Waals surface area contributed by atoms with Crippen LogP contribution in [0.15, 0.2) is 97.1 Å². The zero-order valence-corrected chi connectivity index (χ0v) is 29.9. The first-order valence-electron chi connectivity index (χ1n) is 17.7. The molecule has 4 aromatic carbocycles. The number of fused-ring (bicyclic) bond motifs is 4. The van der Waals surface area contributed by atoms with Crippen molar-refractivity contribution in [2.75, 3.05) is 12.8 Å². The third kappa shape index (κ3) is 7.19. The number of carboxylic acids is 1. The van der Waals surface area contributed by atoms with Crippen molar-refractivity contribution in [2.24, 2.45) is 0 Å². The quantitative estimate of drug-likeness (QED) is 0.172. The zero-order chi connectivity index (χ0) is 35.7. The van der Waals surface area contributed by atoms with Crippen molar-refractivity contribution in [3.8, 4) is 11.1 Å². The number of carboxylic acid groups (broad SMARTS) is 1. The maximum absolute atomic E-state index is 14.5. The number of carbonyl (C=O) groups excluding carboxylic acids is 3. The number of benzene rings is 4. The molecule has 3 atom stereocenters. The molecule has 0 bridgehead atoms. The van der Waals surface area contributed by atoms with Crippen LogP contribution in [0.3, 0.4) is 0 Å². The second kappa shape index (κ2) is 14.2. The van der Waals surface area contributed by atoms with Crippen molar-refractivity contribution >= 4 is 32.0 Å². The predicted octanol–water partition coefficient (Wildman–Crippen LogP) is 6.49. The van der Waals surface area contributed by atoms with Crippen molar-refractivity contribution < 1.29 is 29.0 Å². The van der Waals surface area contributed by atoms with Gasteiger partial charge in [0.1, 0.15) is 18.7 Å². The van der Waals surface area contributed by atoms with E-state index in [1.165, 1.54) is 17.7 Å². The van der Waals surface area contributed by atoms with Crippen molar-refractivity contribution in [3.05, 3.63) is 130 Å². The van der Waals surface area contributed by atoms with Gasteiger partial charge in [-0.25, -0.2) is 9.59 Å². The molecule has 10 heteroatoms. The summed E-state index contributed by atoms with van der Waals surface area (Å²) >= 11 is 0. The summed E-state index contributed by atoms with van der Waals surface area (Å²) in [6.45, 7) is 4.44. The molecule has 7 rings (SSSR count). The zero-order valence-electron chi connectivity index (χ0n) is 28.9. The molecule has 0 saturated carbocycles. The van der Waals surface area contributed by atoms with Gasteiger partial charge >= 0.3 is 12.1 Å². The standard InChI is InChI=1S/C41H43N3O6Si/c1-51(2)24-37(38(45)42-35-17-9-11-27-10-3-4-12-29(27)35)44(25-51)39(46)36(22-26-18-20-28(21-19-26)40(47)48)43-41(49)50-23-34-32-15-7-5-13-30(32)31-14-6-8-16-33(31)34/h3-8,10,12-16,18-21,34-37H,9,11,17,22-25H2,1-2H3,(H,42,45)(H,43,49)(H,47,48)/t35?,36?,37-/m0/s1. The number of amides is 3. The number of rotatable bonds is 9. The molecule has 1 aliphatic heterocycles. The Bertz CT molecular complexity index is 1930. The third-order valence-electron chi connectivity index (χ3n) is 10.6. The van der Waals surface area contributed by atoms with Gasteiger partial charge in [-0.3, -0.25) is 9.59 Å². The molecule has 2 unspecified atom stereocenters. The van der Waals surface area contributed by atoms with Gasteiger partial charge in [0.25, 0.3) is 0 Å². The van der Waals surface area contributed by atoms with E-state index in [0.29, 0.717) is 17.8 Å². The number of nitrogens with zero attached hydrogens (tertiary/aromatic N) is 1. The molecule has 3 aliphatic rings. The average Bonchev–Trinajstić information content (AvgIpc) is 3.64. The number of hydrogen-bond acceptors (Lipinski definition) is 5. The number of aryl methyl sites for hydroxylation is 1. The van der Waals surface area contributed by atoms with Gasteiger partial charge in [-0.2, -0.15) is 0 Å². The van der Waals surface area contributed by atoms with E-state index >= 15 is 0 Å². The maximum Gasteiger partial charge on any atom is 0.407 e. The lowest BCUT2D eigenvalue weighted by atomic mass is 9.87. The average molecular weight is 702 g/mol. The number of hydrogen-bond donors (Lipinski definition) is 3. The highest BCUT2D eigenvalue weighted by molar-refractivity contribution is 6.79. The molecule has 4 aromatic rings. The van der Waals surface area contributed by atoms with E-state index in [4.69, 9.17) is 4.74 Å². The molecule has 262 valence electrons. The van der Waals surface area contributed by atoms with E-state index in [9.17, 15) is 24.3 Å². The fourth-order valence-corrected chi connectivity index (χ4v) is 11.0. The van der Waals surface area contributed by atoms with Crippen LogP contribution in [0.25, 0.3) is 11.1 Å². The van der Waals surface area contributed by atoms with Gasteiger partial charge in [-0.1, -0.05) is 98.0 Å². The van der Waals surface area contributed by atoms with Crippen LogP contribution in [0.1, 0.15) is 63.0 Å². The molecule has 3 N–H and O–H groups in total. The lowest BCUT2D eigenvalue weighted by Crippen LogP contribution is -2.55. The van der Waals surface area contributed by atoms with Crippen molar-refractivity contribution in [1.29, 1.82) is 0 Å². The van der Waals surface area contributed by atoms with E-state index in [0.717, 1.165) is 47.1 Å². The Balaban J connectivity index is 1.11. The Kier molecular flexibility index (Phi) is 9.52. The van der Waals surface area contributed by atoms with E-state index < -0.39 is 32.2 Å². The minimum absolute atomic E-state index is 0.0889. The lowest BCUT2D eigenvalue weighted by molar-refractivity contribution is -0.139.